The molecule has 0 spiro atoms. The van der Waals surface area contributed by atoms with Gasteiger partial charge in [0.25, 0.3) is 0 Å². The van der Waals surface area contributed by atoms with Gasteiger partial charge >= 0.3 is 0 Å². The highest BCUT2D eigenvalue weighted by atomic mass is 16.2. The molecule has 18 heavy (non-hydrogen) atoms. The second kappa shape index (κ2) is 7.78. The van der Waals surface area contributed by atoms with Gasteiger partial charge in [0, 0.05) is 26.1 Å². The van der Waals surface area contributed by atoms with Gasteiger partial charge in [-0.1, -0.05) is 20.3 Å². The van der Waals surface area contributed by atoms with Crippen molar-refractivity contribution in [3.05, 3.63) is 0 Å². The topological polar surface area (TPSA) is 32.3 Å². The van der Waals surface area contributed by atoms with E-state index in [1.54, 1.807) is 6.92 Å². The summed E-state index contributed by atoms with van der Waals surface area (Å²) in [6.07, 6.45) is 4.86. The minimum absolute atomic E-state index is 0.233. The number of nitrogens with one attached hydrogen (secondary N) is 1. The Bertz CT molecular complexity index is 247. The molecule has 106 valence electrons. The summed E-state index contributed by atoms with van der Waals surface area (Å²) in [5.74, 6) is 1.79. The monoisotopic (exact) mass is 254 g/mol. The van der Waals surface area contributed by atoms with Crippen molar-refractivity contribution in [2.45, 2.75) is 59.4 Å². The minimum Gasteiger partial charge on any atom is -0.343 e. The van der Waals surface area contributed by atoms with E-state index >= 15 is 0 Å². The second-order valence-electron chi connectivity index (χ2n) is 5.87. The van der Waals surface area contributed by atoms with Crippen LogP contribution in [0.15, 0.2) is 0 Å². The zero-order chi connectivity index (χ0) is 13.5. The lowest BCUT2D eigenvalue weighted by Gasteiger charge is -2.31. The summed E-state index contributed by atoms with van der Waals surface area (Å²) in [7, 11) is 0. The summed E-state index contributed by atoms with van der Waals surface area (Å²) in [5.41, 5.74) is 0. The Hall–Kier alpha value is -0.570. The van der Waals surface area contributed by atoms with Crippen molar-refractivity contribution in [3.8, 4) is 0 Å². The third-order valence-corrected chi connectivity index (χ3v) is 4.58. The van der Waals surface area contributed by atoms with Gasteiger partial charge in [0.1, 0.15) is 0 Å². The van der Waals surface area contributed by atoms with Crippen LogP contribution in [0.5, 0.6) is 0 Å². The van der Waals surface area contributed by atoms with Crippen LogP contribution < -0.4 is 5.32 Å². The number of hydrogen-bond acceptors (Lipinski definition) is 2. The molecule has 3 heteroatoms. The fourth-order valence-electron chi connectivity index (χ4n) is 2.61. The number of piperidine rings is 1. The van der Waals surface area contributed by atoms with Crippen LogP contribution in [0.2, 0.25) is 0 Å². The second-order valence-corrected chi connectivity index (χ2v) is 5.87. The van der Waals surface area contributed by atoms with Crippen LogP contribution in [0, 0.1) is 11.8 Å². The maximum Gasteiger partial charge on any atom is 0.219 e. The molecule has 1 amide bonds. The Morgan fingerprint density at radius 1 is 1.33 bits per heavy atom. The highest BCUT2D eigenvalue weighted by Gasteiger charge is 2.20. The summed E-state index contributed by atoms with van der Waals surface area (Å²) in [4.78, 5) is 13.2. The van der Waals surface area contributed by atoms with E-state index in [0.717, 1.165) is 31.5 Å². The molecule has 0 aliphatic carbocycles. The first-order valence-electron chi connectivity index (χ1n) is 7.53. The molecule has 0 radical (unpaired) electrons. The van der Waals surface area contributed by atoms with Crippen molar-refractivity contribution >= 4 is 5.91 Å². The first kappa shape index (κ1) is 15.5. The predicted molar refractivity (Wildman–Crippen MR) is 76.5 cm³/mol. The van der Waals surface area contributed by atoms with Gasteiger partial charge in [-0.05, 0) is 44.6 Å². The average Bonchev–Trinajstić information content (AvgIpc) is 2.38. The van der Waals surface area contributed by atoms with E-state index in [1.807, 2.05) is 4.90 Å². The quantitative estimate of drug-likeness (QED) is 0.790. The smallest absolute Gasteiger partial charge is 0.219 e. The van der Waals surface area contributed by atoms with E-state index in [4.69, 9.17) is 0 Å². The normalized spacial score (nSPS) is 20.8. The molecule has 0 bridgehead atoms. The summed E-state index contributed by atoms with van der Waals surface area (Å²) in [5, 5.41) is 3.63. The molecule has 0 saturated carbocycles. The van der Waals surface area contributed by atoms with Crippen molar-refractivity contribution in [2.75, 3.05) is 19.6 Å². The van der Waals surface area contributed by atoms with Gasteiger partial charge in [0.2, 0.25) is 5.91 Å². The largest absolute Gasteiger partial charge is 0.343 e. The lowest BCUT2D eigenvalue weighted by Crippen LogP contribution is -2.38. The molecule has 2 atom stereocenters. The Morgan fingerprint density at radius 2 is 1.94 bits per heavy atom. The van der Waals surface area contributed by atoms with Crippen molar-refractivity contribution in [1.82, 2.24) is 10.2 Å². The molecule has 3 nitrogen and oxygen atoms in total. The molecule has 1 rings (SSSR count). The van der Waals surface area contributed by atoms with Crippen LogP contribution in [0.3, 0.4) is 0 Å². The fourth-order valence-corrected chi connectivity index (χ4v) is 2.61. The third kappa shape index (κ3) is 4.97. The lowest BCUT2D eigenvalue weighted by atomic mass is 9.93. The molecule has 0 aromatic heterocycles. The number of amides is 1. The number of carbonyl (C=O) groups excluding carboxylic acids is 1. The number of rotatable bonds is 6. The molecule has 0 aromatic carbocycles. The lowest BCUT2D eigenvalue weighted by molar-refractivity contribution is -0.130. The van der Waals surface area contributed by atoms with E-state index in [0.29, 0.717) is 6.04 Å². The van der Waals surface area contributed by atoms with Crippen molar-refractivity contribution < 1.29 is 4.79 Å². The molecule has 0 aromatic rings. The highest BCUT2D eigenvalue weighted by Crippen LogP contribution is 2.20. The molecule has 1 heterocycles. The molecular formula is C15H30N2O. The summed E-state index contributed by atoms with van der Waals surface area (Å²) < 4.78 is 0. The molecular weight excluding hydrogens is 224 g/mol. The van der Waals surface area contributed by atoms with Gasteiger partial charge in [0.15, 0.2) is 0 Å². The van der Waals surface area contributed by atoms with E-state index < -0.39 is 0 Å². The SMILES string of the molecule is CC[C@@H](C)[C@H](C)NCCC1CCN(C(C)=O)CC1. The predicted octanol–water partition coefficient (Wildman–Crippen LogP) is 2.66. The molecule has 1 aliphatic heterocycles. The van der Waals surface area contributed by atoms with Crippen LogP contribution in [-0.2, 0) is 4.79 Å². The van der Waals surface area contributed by atoms with E-state index in [2.05, 4.69) is 26.1 Å². The zero-order valence-corrected chi connectivity index (χ0v) is 12.5. The number of likely N-dealkylation sites (tertiary alicyclic amines) is 1. The fraction of sp³-hybridized carbons (Fsp3) is 0.933. The van der Waals surface area contributed by atoms with E-state index in [9.17, 15) is 4.79 Å². The minimum atomic E-state index is 0.233. The van der Waals surface area contributed by atoms with Gasteiger partial charge in [0.05, 0.1) is 0 Å². The standard InChI is InChI=1S/C15H30N2O/c1-5-12(2)13(3)16-9-6-15-7-10-17(11-8-15)14(4)18/h12-13,15-16H,5-11H2,1-4H3/t12-,13+/m1/s1. The Labute approximate surface area is 112 Å². The van der Waals surface area contributed by atoms with Gasteiger partial charge in [-0.25, -0.2) is 0 Å². The molecule has 1 N–H and O–H groups in total. The first-order chi connectivity index (χ1) is 8.54. The first-order valence-corrected chi connectivity index (χ1v) is 7.53. The van der Waals surface area contributed by atoms with Crippen LogP contribution in [0.1, 0.15) is 53.4 Å². The zero-order valence-electron chi connectivity index (χ0n) is 12.5. The highest BCUT2D eigenvalue weighted by molar-refractivity contribution is 5.73. The van der Waals surface area contributed by atoms with Crippen molar-refractivity contribution in [2.24, 2.45) is 11.8 Å². The Balaban J connectivity index is 2.13. The molecule has 1 aliphatic rings. The molecule has 0 unspecified atom stereocenters. The van der Waals surface area contributed by atoms with Gasteiger partial charge in [-0.3, -0.25) is 4.79 Å². The van der Waals surface area contributed by atoms with Crippen LogP contribution in [0.25, 0.3) is 0 Å². The van der Waals surface area contributed by atoms with Crippen molar-refractivity contribution in [1.29, 1.82) is 0 Å². The van der Waals surface area contributed by atoms with E-state index in [-0.39, 0.29) is 5.91 Å². The third-order valence-electron chi connectivity index (χ3n) is 4.58. The van der Waals surface area contributed by atoms with Crippen LogP contribution in [0.4, 0.5) is 0 Å². The Kier molecular flexibility index (Phi) is 6.69. The maximum atomic E-state index is 11.2. The summed E-state index contributed by atoms with van der Waals surface area (Å²) >= 11 is 0. The van der Waals surface area contributed by atoms with Crippen LogP contribution >= 0.6 is 0 Å². The van der Waals surface area contributed by atoms with Gasteiger partial charge in [-0.2, -0.15) is 0 Å². The Morgan fingerprint density at radius 3 is 2.44 bits per heavy atom. The van der Waals surface area contributed by atoms with Crippen molar-refractivity contribution in [3.63, 3.8) is 0 Å². The molecule has 1 saturated heterocycles. The number of carbonyl (C=O) groups is 1. The maximum absolute atomic E-state index is 11.2. The van der Waals surface area contributed by atoms with Crippen LogP contribution in [-0.4, -0.2) is 36.5 Å². The average molecular weight is 254 g/mol. The van der Waals surface area contributed by atoms with E-state index in [1.165, 1.54) is 25.7 Å². The van der Waals surface area contributed by atoms with Gasteiger partial charge < -0.3 is 10.2 Å². The number of hydrogen-bond donors (Lipinski definition) is 1. The summed E-state index contributed by atoms with van der Waals surface area (Å²) in [6, 6.07) is 0.618. The summed E-state index contributed by atoms with van der Waals surface area (Å²) in [6.45, 7) is 11.6. The molecule has 1 fully saturated rings. The van der Waals surface area contributed by atoms with Gasteiger partial charge in [-0.15, -0.1) is 0 Å². The number of nitrogens with zero attached hydrogens (tertiary/aromatic N) is 1.